The number of amides is 1. The van der Waals surface area contributed by atoms with E-state index in [0.29, 0.717) is 22.8 Å². The lowest BCUT2D eigenvalue weighted by atomic mass is 10.1. The predicted octanol–water partition coefficient (Wildman–Crippen LogP) is 4.07. The lowest BCUT2D eigenvalue weighted by Gasteiger charge is -2.26. The fourth-order valence-corrected chi connectivity index (χ4v) is 5.09. The highest BCUT2D eigenvalue weighted by Gasteiger charge is 2.18. The first-order chi connectivity index (χ1) is 17.3. The Morgan fingerprint density at radius 2 is 1.64 bits per heavy atom. The van der Waals surface area contributed by atoms with Gasteiger partial charge >= 0.3 is 0 Å². The fourth-order valence-electron chi connectivity index (χ4n) is 4.07. The number of nitrogens with zero attached hydrogens (tertiary/aromatic N) is 2. The number of carbonyl (C=O) groups is 1. The first-order valence-corrected chi connectivity index (χ1v) is 14.0. The SMILES string of the molecule is CS(=O)(=O)N(Cc1ccc(Cl)cc1)c1ccc(C(=O)NCc2cccc(CN3CCOCC3)c2)cc1. The molecule has 190 valence electrons. The van der Waals surface area contributed by atoms with Crippen molar-refractivity contribution in [1.82, 2.24) is 10.2 Å². The van der Waals surface area contributed by atoms with Gasteiger partial charge in [0.25, 0.3) is 5.91 Å². The van der Waals surface area contributed by atoms with Crippen molar-refractivity contribution in [3.05, 3.63) is 100 Å². The summed E-state index contributed by atoms with van der Waals surface area (Å²) in [6.45, 7) is 4.81. The number of hydrogen-bond donors (Lipinski definition) is 1. The van der Waals surface area contributed by atoms with Crippen molar-refractivity contribution in [2.45, 2.75) is 19.6 Å². The number of rotatable bonds is 9. The largest absolute Gasteiger partial charge is 0.379 e. The van der Waals surface area contributed by atoms with Gasteiger partial charge in [0.15, 0.2) is 0 Å². The van der Waals surface area contributed by atoms with E-state index >= 15 is 0 Å². The molecule has 4 rings (SSSR count). The van der Waals surface area contributed by atoms with E-state index in [9.17, 15) is 13.2 Å². The number of sulfonamides is 1. The minimum absolute atomic E-state index is 0.169. The lowest BCUT2D eigenvalue weighted by molar-refractivity contribution is 0.0342. The third-order valence-electron chi connectivity index (χ3n) is 6.01. The Morgan fingerprint density at radius 3 is 2.31 bits per heavy atom. The molecule has 1 aliphatic rings. The molecule has 7 nitrogen and oxygen atoms in total. The smallest absolute Gasteiger partial charge is 0.251 e. The second-order valence-electron chi connectivity index (χ2n) is 8.83. The normalized spacial score (nSPS) is 14.4. The van der Waals surface area contributed by atoms with Crippen molar-refractivity contribution in [2.24, 2.45) is 0 Å². The van der Waals surface area contributed by atoms with E-state index in [1.807, 2.05) is 12.1 Å². The molecule has 1 heterocycles. The Morgan fingerprint density at radius 1 is 0.972 bits per heavy atom. The molecule has 0 atom stereocenters. The van der Waals surface area contributed by atoms with Gasteiger partial charge in [-0.1, -0.05) is 48.0 Å². The van der Waals surface area contributed by atoms with Gasteiger partial charge in [0.05, 0.1) is 31.7 Å². The highest BCUT2D eigenvalue weighted by molar-refractivity contribution is 7.92. The summed E-state index contributed by atoms with van der Waals surface area (Å²) in [5, 5.41) is 3.54. The first-order valence-electron chi connectivity index (χ1n) is 11.8. The molecule has 9 heteroatoms. The maximum absolute atomic E-state index is 12.7. The molecule has 3 aromatic rings. The van der Waals surface area contributed by atoms with Crippen LogP contribution >= 0.6 is 11.6 Å². The molecule has 3 aromatic carbocycles. The molecule has 0 spiro atoms. The van der Waals surface area contributed by atoms with Gasteiger partial charge in [-0.2, -0.15) is 0 Å². The molecule has 0 radical (unpaired) electrons. The number of ether oxygens (including phenoxy) is 1. The van der Waals surface area contributed by atoms with Crippen LogP contribution in [0.3, 0.4) is 0 Å². The van der Waals surface area contributed by atoms with Crippen LogP contribution in [0, 0.1) is 0 Å². The predicted molar refractivity (Wildman–Crippen MR) is 143 cm³/mol. The van der Waals surface area contributed by atoms with E-state index < -0.39 is 10.0 Å². The van der Waals surface area contributed by atoms with E-state index in [1.165, 1.54) is 9.87 Å². The van der Waals surface area contributed by atoms with Crippen molar-refractivity contribution >= 4 is 33.2 Å². The van der Waals surface area contributed by atoms with Crippen molar-refractivity contribution in [2.75, 3.05) is 36.9 Å². The molecule has 1 fully saturated rings. The Hall–Kier alpha value is -2.91. The van der Waals surface area contributed by atoms with Crippen molar-refractivity contribution < 1.29 is 17.9 Å². The number of anilines is 1. The van der Waals surface area contributed by atoms with Crippen molar-refractivity contribution in [3.8, 4) is 0 Å². The average molecular weight is 528 g/mol. The summed E-state index contributed by atoms with van der Waals surface area (Å²) in [6, 6.07) is 21.8. The van der Waals surface area contributed by atoms with Crippen LogP contribution in [-0.2, 0) is 34.4 Å². The van der Waals surface area contributed by atoms with E-state index in [4.69, 9.17) is 16.3 Å². The van der Waals surface area contributed by atoms with E-state index in [2.05, 4.69) is 22.3 Å². The summed E-state index contributed by atoms with van der Waals surface area (Å²) >= 11 is 5.94. The molecule has 0 aliphatic carbocycles. The lowest BCUT2D eigenvalue weighted by Crippen LogP contribution is -2.35. The monoisotopic (exact) mass is 527 g/mol. The minimum Gasteiger partial charge on any atom is -0.379 e. The summed E-state index contributed by atoms with van der Waals surface area (Å²) < 4.78 is 31.6. The van der Waals surface area contributed by atoms with Gasteiger partial charge < -0.3 is 10.1 Å². The first kappa shape index (κ1) is 26.2. The second kappa shape index (κ2) is 11.9. The van der Waals surface area contributed by atoms with Crippen molar-refractivity contribution in [3.63, 3.8) is 0 Å². The number of benzene rings is 3. The standard InChI is InChI=1S/C27H30ClN3O4S/c1-36(33,34)31(20-21-5-9-25(28)10-6-21)26-11-7-24(8-12-26)27(32)29-18-22-3-2-4-23(17-22)19-30-13-15-35-16-14-30/h2-12,17H,13-16,18-20H2,1H3,(H,29,32). The van der Waals surface area contributed by atoms with Gasteiger partial charge in [-0.25, -0.2) is 8.42 Å². The van der Waals surface area contributed by atoms with Crippen molar-refractivity contribution in [1.29, 1.82) is 0 Å². The van der Waals surface area contributed by atoms with Gasteiger partial charge in [-0.05, 0) is 53.1 Å². The molecule has 1 saturated heterocycles. The third-order valence-corrected chi connectivity index (χ3v) is 7.40. The highest BCUT2D eigenvalue weighted by atomic mass is 35.5. The summed E-state index contributed by atoms with van der Waals surface area (Å²) in [5.41, 5.74) is 3.98. The van der Waals surface area contributed by atoms with Crippen LogP contribution in [-0.4, -0.2) is 51.8 Å². The van der Waals surface area contributed by atoms with E-state index in [-0.39, 0.29) is 12.5 Å². The number of morpholine rings is 1. The van der Waals surface area contributed by atoms with E-state index in [1.54, 1.807) is 48.5 Å². The van der Waals surface area contributed by atoms with Crippen LogP contribution < -0.4 is 9.62 Å². The van der Waals surface area contributed by atoms with Gasteiger partial charge in [-0.15, -0.1) is 0 Å². The summed E-state index contributed by atoms with van der Waals surface area (Å²) in [6.07, 6.45) is 1.16. The highest BCUT2D eigenvalue weighted by Crippen LogP contribution is 2.22. The number of nitrogens with one attached hydrogen (secondary N) is 1. The van der Waals surface area contributed by atoms with Crippen LogP contribution in [0.1, 0.15) is 27.0 Å². The molecule has 1 N–H and O–H groups in total. The quantitative estimate of drug-likeness (QED) is 0.454. The Labute approximate surface area is 217 Å². The number of hydrogen-bond acceptors (Lipinski definition) is 5. The zero-order valence-electron chi connectivity index (χ0n) is 20.2. The molecule has 1 aliphatic heterocycles. The molecule has 0 bridgehead atoms. The molecule has 0 unspecified atom stereocenters. The van der Waals surface area contributed by atoms with Gasteiger partial charge in [-0.3, -0.25) is 14.0 Å². The molecular weight excluding hydrogens is 498 g/mol. The number of carbonyl (C=O) groups excluding carboxylic acids is 1. The molecule has 36 heavy (non-hydrogen) atoms. The van der Waals surface area contributed by atoms with Crippen LogP contribution in [0.2, 0.25) is 5.02 Å². The van der Waals surface area contributed by atoms with Gasteiger partial charge in [0.1, 0.15) is 0 Å². The number of halogens is 1. The molecule has 0 saturated carbocycles. The average Bonchev–Trinajstić information content (AvgIpc) is 2.87. The summed E-state index contributed by atoms with van der Waals surface area (Å²) in [7, 11) is -3.53. The van der Waals surface area contributed by atoms with Crippen LogP contribution in [0.25, 0.3) is 0 Å². The molecule has 0 aromatic heterocycles. The second-order valence-corrected chi connectivity index (χ2v) is 11.2. The molecule has 1 amide bonds. The maximum Gasteiger partial charge on any atom is 0.251 e. The van der Waals surface area contributed by atoms with Crippen LogP contribution in [0.15, 0.2) is 72.8 Å². The summed E-state index contributed by atoms with van der Waals surface area (Å²) in [5.74, 6) is -0.219. The zero-order chi connectivity index (χ0) is 25.5. The van der Waals surface area contributed by atoms with Crippen LogP contribution in [0.5, 0.6) is 0 Å². The Bertz CT molecular complexity index is 1280. The Balaban J connectivity index is 1.38. The fraction of sp³-hybridized carbons (Fsp3) is 0.296. The Kier molecular flexibility index (Phi) is 8.64. The third kappa shape index (κ3) is 7.30. The minimum atomic E-state index is -3.53. The van der Waals surface area contributed by atoms with E-state index in [0.717, 1.165) is 50.2 Å². The summed E-state index contributed by atoms with van der Waals surface area (Å²) in [4.78, 5) is 15.1. The molecular formula is C27H30ClN3O4S. The van der Waals surface area contributed by atoms with Gasteiger partial charge in [0.2, 0.25) is 10.0 Å². The van der Waals surface area contributed by atoms with Crippen LogP contribution in [0.4, 0.5) is 5.69 Å². The van der Waals surface area contributed by atoms with Gasteiger partial charge in [0, 0.05) is 36.8 Å². The maximum atomic E-state index is 12.7. The zero-order valence-corrected chi connectivity index (χ0v) is 21.8. The topological polar surface area (TPSA) is 79.0 Å².